The highest BCUT2D eigenvalue weighted by Crippen LogP contribution is 1.68. The van der Waals surface area contributed by atoms with Crippen LogP contribution in [0.2, 0.25) is 0 Å². The summed E-state index contributed by atoms with van der Waals surface area (Å²) in [6.45, 7) is 0.659. The molecule has 0 saturated carbocycles. The Morgan fingerprint density at radius 1 is 1.86 bits per heavy atom. The van der Waals surface area contributed by atoms with Crippen LogP contribution in [0.15, 0.2) is 4.99 Å². The van der Waals surface area contributed by atoms with Crippen LogP contribution < -0.4 is 10.8 Å². The molecule has 7 heavy (non-hydrogen) atoms. The van der Waals surface area contributed by atoms with E-state index in [4.69, 9.17) is 5.73 Å². The molecular formula is C3H7N3O. The maximum absolute atomic E-state index is 10.3. The van der Waals surface area contributed by atoms with E-state index in [9.17, 15) is 5.21 Å². The van der Waals surface area contributed by atoms with Gasteiger partial charge in [-0.25, -0.2) is 4.99 Å². The van der Waals surface area contributed by atoms with Crippen LogP contribution in [0, 0.1) is 5.21 Å². The molecule has 3 N–H and O–H groups in total. The van der Waals surface area contributed by atoms with E-state index >= 15 is 0 Å². The summed E-state index contributed by atoms with van der Waals surface area (Å²) in [5.41, 5.74) is 5.15. The van der Waals surface area contributed by atoms with Gasteiger partial charge in [0.25, 0.3) is 0 Å². The number of hydrogen-bond acceptors (Lipinski definition) is 3. The zero-order valence-corrected chi connectivity index (χ0v) is 3.85. The topological polar surface area (TPSA) is 65.9 Å². The summed E-state index contributed by atoms with van der Waals surface area (Å²) in [5, 5.41) is 10.4. The van der Waals surface area contributed by atoms with Gasteiger partial charge in [0.1, 0.15) is 6.54 Å². The van der Waals surface area contributed by atoms with Crippen LogP contribution in [0.3, 0.4) is 0 Å². The maximum Gasteiger partial charge on any atom is 0.173 e. The summed E-state index contributed by atoms with van der Waals surface area (Å²) >= 11 is 0. The zero-order chi connectivity index (χ0) is 5.28. The van der Waals surface area contributed by atoms with Crippen LogP contribution in [0.1, 0.15) is 0 Å². The van der Waals surface area contributed by atoms with Crippen LogP contribution in [0.4, 0.5) is 0 Å². The number of nitrogens with zero attached hydrogens (tertiary/aromatic N) is 1. The Kier molecular flexibility index (Phi) is 0.958. The molecule has 0 amide bonds. The Balaban J connectivity index is 2.42. The normalized spacial score (nSPS) is 30.4. The highest BCUT2D eigenvalue weighted by Gasteiger charge is 2.06. The first-order chi connectivity index (χ1) is 3.29. The molecule has 0 aromatic heterocycles. The molecule has 40 valence electrons. The number of rotatable bonds is 0. The van der Waals surface area contributed by atoms with Crippen molar-refractivity contribution in [1.29, 1.82) is 0 Å². The highest BCUT2D eigenvalue weighted by atomic mass is 16.5. The van der Waals surface area contributed by atoms with Gasteiger partial charge >= 0.3 is 0 Å². The number of amidine groups is 1. The van der Waals surface area contributed by atoms with Gasteiger partial charge in [-0.1, -0.05) is 0 Å². The second-order valence-electron chi connectivity index (χ2n) is 1.52. The summed E-state index contributed by atoms with van der Waals surface area (Å²) in [4.78, 5) is 3.66. The predicted octanol–water partition coefficient (Wildman–Crippen LogP) is -2.30. The van der Waals surface area contributed by atoms with E-state index in [1.165, 1.54) is 0 Å². The Bertz CT molecular complexity index is 100. The fourth-order valence-electron chi connectivity index (χ4n) is 0.504. The Morgan fingerprint density at radius 2 is 2.57 bits per heavy atom. The van der Waals surface area contributed by atoms with Crippen molar-refractivity contribution in [3.63, 3.8) is 0 Å². The molecule has 4 heteroatoms. The summed E-state index contributed by atoms with van der Waals surface area (Å²) in [6.07, 6.45) is 0. The van der Waals surface area contributed by atoms with Crippen molar-refractivity contribution in [3.05, 3.63) is 5.21 Å². The fourth-order valence-corrected chi connectivity index (χ4v) is 0.504. The molecule has 0 bridgehead atoms. The van der Waals surface area contributed by atoms with Gasteiger partial charge in [0.15, 0.2) is 12.5 Å². The summed E-state index contributed by atoms with van der Waals surface area (Å²) in [7, 11) is 0. The monoisotopic (exact) mass is 101 g/mol. The number of quaternary nitrogens is 1. The number of hydroxylamine groups is 2. The number of nitrogens with one attached hydrogen (secondary N) is 1. The lowest BCUT2D eigenvalue weighted by molar-refractivity contribution is -0.831. The first kappa shape index (κ1) is 4.55. The van der Waals surface area contributed by atoms with Crippen LogP contribution in [-0.4, -0.2) is 19.0 Å². The van der Waals surface area contributed by atoms with Gasteiger partial charge in [0, 0.05) is 0 Å². The minimum Gasteiger partial charge on any atom is -0.633 e. The molecule has 0 aromatic rings. The highest BCUT2D eigenvalue weighted by molar-refractivity contribution is 5.81. The van der Waals surface area contributed by atoms with Crippen molar-refractivity contribution in [2.75, 3.05) is 13.2 Å². The minimum atomic E-state index is 0.123. The molecule has 1 atom stereocenters. The van der Waals surface area contributed by atoms with Gasteiger partial charge in [-0.2, -0.15) is 0 Å². The first-order valence-electron chi connectivity index (χ1n) is 2.09. The van der Waals surface area contributed by atoms with Crippen molar-refractivity contribution >= 4 is 5.84 Å². The third-order valence-corrected chi connectivity index (χ3v) is 0.837. The van der Waals surface area contributed by atoms with Crippen LogP contribution in [0.5, 0.6) is 0 Å². The van der Waals surface area contributed by atoms with Gasteiger partial charge in [-0.05, 0) is 0 Å². The van der Waals surface area contributed by atoms with E-state index < -0.39 is 0 Å². The molecule has 1 rings (SSSR count). The van der Waals surface area contributed by atoms with E-state index in [-0.39, 0.29) is 5.06 Å². The lowest BCUT2D eigenvalue weighted by atomic mass is 10.6. The molecule has 0 fully saturated rings. The second kappa shape index (κ2) is 1.48. The van der Waals surface area contributed by atoms with Crippen molar-refractivity contribution < 1.29 is 5.06 Å². The first-order valence-corrected chi connectivity index (χ1v) is 2.09. The molecule has 0 aliphatic carbocycles. The van der Waals surface area contributed by atoms with E-state index in [0.29, 0.717) is 19.0 Å². The standard InChI is InChI=1S/C3H7N3O/c4-3-1-6(7)2-5-3/h6H,1-2H2,(H2,4,5). The molecule has 1 unspecified atom stereocenters. The number of aliphatic imine (C=N–C) groups is 1. The molecule has 0 aromatic carbocycles. The van der Waals surface area contributed by atoms with Gasteiger partial charge in [0.2, 0.25) is 0 Å². The number of nitrogens with two attached hydrogens (primary N) is 1. The van der Waals surface area contributed by atoms with Crippen molar-refractivity contribution in [3.8, 4) is 0 Å². The quantitative estimate of drug-likeness (QED) is 0.337. The molecule has 0 spiro atoms. The van der Waals surface area contributed by atoms with E-state index in [0.717, 1.165) is 0 Å². The number of hydrogen-bond donors (Lipinski definition) is 2. The molecular weight excluding hydrogens is 94.1 g/mol. The molecule has 4 nitrogen and oxygen atoms in total. The fraction of sp³-hybridized carbons (Fsp3) is 0.667. The van der Waals surface area contributed by atoms with E-state index in [1.54, 1.807) is 0 Å². The van der Waals surface area contributed by atoms with Gasteiger partial charge in [-0.15, -0.1) is 0 Å². The minimum absolute atomic E-state index is 0.123. The summed E-state index contributed by atoms with van der Waals surface area (Å²) in [6, 6.07) is 0. The summed E-state index contributed by atoms with van der Waals surface area (Å²) < 4.78 is 0. The van der Waals surface area contributed by atoms with Gasteiger partial charge < -0.3 is 16.0 Å². The Labute approximate surface area is 41.2 Å². The van der Waals surface area contributed by atoms with Crippen molar-refractivity contribution in [1.82, 2.24) is 0 Å². The lowest BCUT2D eigenvalue weighted by Gasteiger charge is -2.10. The van der Waals surface area contributed by atoms with Crippen LogP contribution in [-0.2, 0) is 0 Å². The second-order valence-corrected chi connectivity index (χ2v) is 1.52. The molecule has 0 radical (unpaired) electrons. The molecule has 1 aliphatic rings. The largest absolute Gasteiger partial charge is 0.633 e. The SMILES string of the molecule is NC1=NC[NH+]([O-])C1. The summed E-state index contributed by atoms with van der Waals surface area (Å²) in [5.74, 6) is 0.477. The molecule has 1 heterocycles. The lowest BCUT2D eigenvalue weighted by Crippen LogP contribution is -3.06. The maximum atomic E-state index is 10.3. The van der Waals surface area contributed by atoms with Crippen LogP contribution in [0.25, 0.3) is 0 Å². The third-order valence-electron chi connectivity index (χ3n) is 0.837. The third kappa shape index (κ3) is 0.880. The Morgan fingerprint density at radius 3 is 2.71 bits per heavy atom. The van der Waals surface area contributed by atoms with Crippen molar-refractivity contribution in [2.24, 2.45) is 10.7 Å². The van der Waals surface area contributed by atoms with E-state index in [2.05, 4.69) is 4.99 Å². The molecule has 0 saturated heterocycles. The average molecular weight is 101 g/mol. The predicted molar refractivity (Wildman–Crippen MR) is 25.7 cm³/mol. The van der Waals surface area contributed by atoms with Gasteiger partial charge in [-0.3, -0.25) is 0 Å². The van der Waals surface area contributed by atoms with Crippen LogP contribution >= 0.6 is 0 Å². The smallest absolute Gasteiger partial charge is 0.173 e. The van der Waals surface area contributed by atoms with Crippen molar-refractivity contribution in [2.45, 2.75) is 0 Å². The molecule has 1 aliphatic heterocycles. The zero-order valence-electron chi connectivity index (χ0n) is 3.85. The Hall–Kier alpha value is -0.610. The van der Waals surface area contributed by atoms with E-state index in [1.807, 2.05) is 0 Å². The van der Waals surface area contributed by atoms with Gasteiger partial charge in [0.05, 0.1) is 0 Å². The average Bonchev–Trinajstić information content (AvgIpc) is 1.87.